The van der Waals surface area contributed by atoms with Crippen LogP contribution in [0.25, 0.3) is 0 Å². The highest BCUT2D eigenvalue weighted by Gasteiger charge is 2.50. The molecule has 1 amide bonds. The van der Waals surface area contributed by atoms with E-state index in [1.54, 1.807) is 0 Å². The third kappa shape index (κ3) is 5.56. The van der Waals surface area contributed by atoms with Crippen LogP contribution in [0.15, 0.2) is 34.0 Å². The van der Waals surface area contributed by atoms with Crippen molar-refractivity contribution in [3.63, 3.8) is 0 Å². The first-order valence-electron chi connectivity index (χ1n) is 8.80. The molecule has 1 fully saturated rings. The summed E-state index contributed by atoms with van der Waals surface area (Å²) in [4.78, 5) is 39.7. The fourth-order valence-corrected chi connectivity index (χ4v) is 3.61. The number of aliphatic carboxylic acids is 1. The molecule has 8 heteroatoms. The molecule has 0 aromatic carbocycles. The van der Waals surface area contributed by atoms with Gasteiger partial charge in [0.2, 0.25) is 5.91 Å². The second kappa shape index (κ2) is 8.56. The maximum absolute atomic E-state index is 12.4. The van der Waals surface area contributed by atoms with Crippen LogP contribution in [0.5, 0.6) is 0 Å². The molecule has 0 radical (unpaired) electrons. The second-order valence-corrected chi connectivity index (χ2v) is 8.35. The summed E-state index contributed by atoms with van der Waals surface area (Å²) >= 11 is 1.14. The van der Waals surface area contributed by atoms with E-state index in [4.69, 9.17) is 5.11 Å². The summed E-state index contributed by atoms with van der Waals surface area (Å²) < 4.78 is 0. The Hall–Kier alpha value is -2.35. The molecule has 27 heavy (non-hydrogen) atoms. The Morgan fingerprint density at radius 3 is 2.41 bits per heavy atom. The number of carbonyl (C=O) groups is 3. The lowest BCUT2D eigenvalue weighted by Gasteiger charge is -2.13. The van der Waals surface area contributed by atoms with E-state index >= 15 is 0 Å². The molecule has 7 nitrogen and oxygen atoms in total. The molecule has 2 rings (SSSR count). The molecule has 1 aliphatic rings. The molecular formula is C19H24N2O5S. The highest BCUT2D eigenvalue weighted by atomic mass is 32.2. The van der Waals surface area contributed by atoms with Crippen LogP contribution in [0.2, 0.25) is 0 Å². The number of carboxylic acids is 2. The number of carboxylic acid groups (broad SMARTS) is 2. The SMILES string of the molecule is CCCCC(Sc1ccc(C(=O)O)cn1)=C(NC(=O)C1CC1(C)C)C(=O)O. The summed E-state index contributed by atoms with van der Waals surface area (Å²) in [5.41, 5.74) is -0.162. The zero-order valence-corrected chi connectivity index (χ0v) is 16.4. The zero-order chi connectivity index (χ0) is 20.2. The van der Waals surface area contributed by atoms with Gasteiger partial charge < -0.3 is 15.5 Å². The van der Waals surface area contributed by atoms with Gasteiger partial charge in [-0.25, -0.2) is 14.6 Å². The van der Waals surface area contributed by atoms with Gasteiger partial charge in [-0.15, -0.1) is 0 Å². The predicted octanol–water partition coefficient (Wildman–Crippen LogP) is 3.52. The van der Waals surface area contributed by atoms with E-state index in [1.807, 2.05) is 20.8 Å². The summed E-state index contributed by atoms with van der Waals surface area (Å²) in [6, 6.07) is 2.95. The third-order valence-corrected chi connectivity index (χ3v) is 5.64. The van der Waals surface area contributed by atoms with Crippen LogP contribution in [0.3, 0.4) is 0 Å². The number of allylic oxidation sites excluding steroid dienone is 1. The Morgan fingerprint density at radius 2 is 1.96 bits per heavy atom. The van der Waals surface area contributed by atoms with Crippen molar-refractivity contribution in [2.24, 2.45) is 11.3 Å². The number of aromatic nitrogens is 1. The van der Waals surface area contributed by atoms with Gasteiger partial charge in [0.1, 0.15) is 10.7 Å². The van der Waals surface area contributed by atoms with Crippen molar-refractivity contribution in [1.82, 2.24) is 10.3 Å². The maximum atomic E-state index is 12.4. The van der Waals surface area contributed by atoms with Gasteiger partial charge in [0.05, 0.1) is 5.56 Å². The van der Waals surface area contributed by atoms with Crippen molar-refractivity contribution in [1.29, 1.82) is 0 Å². The number of pyridine rings is 1. The first-order valence-corrected chi connectivity index (χ1v) is 9.62. The summed E-state index contributed by atoms with van der Waals surface area (Å²) in [5, 5.41) is 21.7. The molecule has 1 unspecified atom stereocenters. The van der Waals surface area contributed by atoms with Gasteiger partial charge in [-0.3, -0.25) is 4.79 Å². The van der Waals surface area contributed by atoms with Crippen molar-refractivity contribution in [3.05, 3.63) is 34.5 Å². The number of unbranched alkanes of at least 4 members (excludes halogenated alkanes) is 1. The molecule has 0 saturated heterocycles. The molecule has 0 spiro atoms. The number of nitrogens with zero attached hydrogens (tertiary/aromatic N) is 1. The van der Waals surface area contributed by atoms with Crippen molar-refractivity contribution < 1.29 is 24.6 Å². The Bertz CT molecular complexity index is 771. The van der Waals surface area contributed by atoms with E-state index in [0.29, 0.717) is 16.4 Å². The highest BCUT2D eigenvalue weighted by molar-refractivity contribution is 8.03. The van der Waals surface area contributed by atoms with Crippen LogP contribution in [-0.2, 0) is 9.59 Å². The number of aromatic carboxylic acids is 1. The Morgan fingerprint density at radius 1 is 1.30 bits per heavy atom. The number of carbonyl (C=O) groups excluding carboxylic acids is 1. The molecule has 1 saturated carbocycles. The van der Waals surface area contributed by atoms with Gasteiger partial charge in [-0.2, -0.15) is 0 Å². The largest absolute Gasteiger partial charge is 0.478 e. The summed E-state index contributed by atoms with van der Waals surface area (Å²) in [6.45, 7) is 5.94. The highest BCUT2D eigenvalue weighted by Crippen LogP contribution is 2.51. The Labute approximate surface area is 162 Å². The predicted molar refractivity (Wildman–Crippen MR) is 101 cm³/mol. The molecule has 0 bridgehead atoms. The second-order valence-electron chi connectivity index (χ2n) is 7.23. The van der Waals surface area contributed by atoms with Crippen LogP contribution in [0, 0.1) is 11.3 Å². The first kappa shape index (κ1) is 21.0. The first-order chi connectivity index (χ1) is 12.7. The van der Waals surface area contributed by atoms with Crippen molar-refractivity contribution in [3.8, 4) is 0 Å². The quantitative estimate of drug-likeness (QED) is 0.435. The molecule has 0 aliphatic heterocycles. The van der Waals surface area contributed by atoms with Crippen LogP contribution in [0.1, 0.15) is 56.8 Å². The minimum Gasteiger partial charge on any atom is -0.478 e. The summed E-state index contributed by atoms with van der Waals surface area (Å²) in [5.74, 6) is -2.73. The van der Waals surface area contributed by atoms with Crippen molar-refractivity contribution in [2.75, 3.05) is 0 Å². The number of nitrogens with one attached hydrogen (secondary N) is 1. The monoisotopic (exact) mass is 392 g/mol. The third-order valence-electron chi connectivity index (χ3n) is 4.54. The number of thioether (sulfide) groups is 1. The zero-order valence-electron chi connectivity index (χ0n) is 15.6. The number of amides is 1. The maximum Gasteiger partial charge on any atom is 0.353 e. The average Bonchev–Trinajstić information content (AvgIpc) is 3.25. The lowest BCUT2D eigenvalue weighted by atomic mass is 10.1. The van der Waals surface area contributed by atoms with Crippen molar-refractivity contribution >= 4 is 29.6 Å². The molecule has 1 aromatic heterocycles. The van der Waals surface area contributed by atoms with Crippen LogP contribution in [-0.4, -0.2) is 33.0 Å². The molecule has 1 aromatic rings. The van der Waals surface area contributed by atoms with E-state index in [0.717, 1.165) is 31.0 Å². The smallest absolute Gasteiger partial charge is 0.353 e. The lowest BCUT2D eigenvalue weighted by Crippen LogP contribution is -2.30. The van der Waals surface area contributed by atoms with Crippen LogP contribution >= 0.6 is 11.8 Å². The molecule has 1 atom stereocenters. The van der Waals surface area contributed by atoms with E-state index < -0.39 is 11.9 Å². The lowest BCUT2D eigenvalue weighted by molar-refractivity contribution is -0.135. The molecule has 3 N–H and O–H groups in total. The van der Waals surface area contributed by atoms with Gasteiger partial charge in [0.25, 0.3) is 0 Å². The minimum atomic E-state index is -1.19. The Kier molecular flexibility index (Phi) is 6.64. The van der Waals surface area contributed by atoms with E-state index in [1.165, 1.54) is 18.3 Å². The molecular weight excluding hydrogens is 368 g/mol. The average molecular weight is 392 g/mol. The van der Waals surface area contributed by atoms with Gasteiger partial charge in [-0.1, -0.05) is 39.0 Å². The fraction of sp³-hybridized carbons (Fsp3) is 0.474. The van der Waals surface area contributed by atoms with Gasteiger partial charge >= 0.3 is 11.9 Å². The van der Waals surface area contributed by atoms with Gasteiger partial charge in [-0.05, 0) is 36.8 Å². The van der Waals surface area contributed by atoms with Crippen LogP contribution in [0.4, 0.5) is 0 Å². The number of hydrogen-bond donors (Lipinski definition) is 3. The standard InChI is InChI=1S/C19H24N2O5S/c1-4-5-6-13(27-14-8-7-11(10-20-14)17(23)24)15(18(25)26)21-16(22)12-9-19(12,2)3/h7-8,10,12H,4-6,9H2,1-3H3,(H,21,22)(H,23,24)(H,25,26). The fourth-order valence-electron chi connectivity index (χ4n) is 2.63. The Balaban J connectivity index is 2.26. The molecule has 1 heterocycles. The minimum absolute atomic E-state index is 0.0566. The topological polar surface area (TPSA) is 117 Å². The van der Waals surface area contributed by atoms with Gasteiger partial charge in [0.15, 0.2) is 0 Å². The van der Waals surface area contributed by atoms with E-state index in [-0.39, 0.29) is 28.5 Å². The van der Waals surface area contributed by atoms with Gasteiger partial charge in [0, 0.05) is 17.0 Å². The number of rotatable bonds is 9. The normalized spacial score (nSPS) is 18.4. The summed E-state index contributed by atoms with van der Waals surface area (Å²) in [7, 11) is 0. The number of hydrogen-bond acceptors (Lipinski definition) is 5. The van der Waals surface area contributed by atoms with Crippen molar-refractivity contribution in [2.45, 2.75) is 51.5 Å². The van der Waals surface area contributed by atoms with E-state index in [9.17, 15) is 19.5 Å². The van der Waals surface area contributed by atoms with Crippen LogP contribution < -0.4 is 5.32 Å². The molecule has 146 valence electrons. The molecule has 1 aliphatic carbocycles. The van der Waals surface area contributed by atoms with E-state index in [2.05, 4.69) is 10.3 Å². The summed E-state index contributed by atoms with van der Waals surface area (Å²) in [6.07, 6.45) is 4.08.